The molecular formula is C14H17N3O3. The molecule has 0 radical (unpaired) electrons. The summed E-state index contributed by atoms with van der Waals surface area (Å²) in [6.07, 6.45) is 1.55. The van der Waals surface area contributed by atoms with Gasteiger partial charge in [-0.15, -0.1) is 5.10 Å². The van der Waals surface area contributed by atoms with Crippen molar-refractivity contribution in [3.8, 4) is 5.69 Å². The molecule has 0 unspecified atom stereocenters. The third-order valence-electron chi connectivity index (χ3n) is 2.67. The zero-order valence-corrected chi connectivity index (χ0v) is 11.6. The minimum atomic E-state index is -0.497. The molecule has 6 heteroatoms. The largest absolute Gasteiger partial charge is 0.458 e. The molecule has 0 N–H and O–H groups in total. The number of ether oxygens (including phenoxy) is 2. The maximum Gasteiger partial charge on any atom is 0.360 e. The van der Waals surface area contributed by atoms with Gasteiger partial charge in [-0.05, 0) is 26.0 Å². The van der Waals surface area contributed by atoms with Crippen LogP contribution >= 0.6 is 0 Å². The lowest BCUT2D eigenvalue weighted by molar-refractivity contribution is 0.0329. The minimum Gasteiger partial charge on any atom is -0.458 e. The van der Waals surface area contributed by atoms with Gasteiger partial charge < -0.3 is 9.47 Å². The van der Waals surface area contributed by atoms with Crippen LogP contribution in [0.15, 0.2) is 30.5 Å². The number of hydrogen-bond acceptors (Lipinski definition) is 5. The smallest absolute Gasteiger partial charge is 0.360 e. The van der Waals surface area contributed by atoms with Gasteiger partial charge in [0.2, 0.25) is 0 Å². The summed E-state index contributed by atoms with van der Waals surface area (Å²) in [6.45, 7) is 5.08. The van der Waals surface area contributed by atoms with E-state index in [4.69, 9.17) is 9.47 Å². The molecule has 0 amide bonds. The van der Waals surface area contributed by atoms with E-state index >= 15 is 0 Å². The van der Waals surface area contributed by atoms with Crippen molar-refractivity contribution < 1.29 is 14.3 Å². The lowest BCUT2D eigenvalue weighted by atomic mass is 10.2. The number of benzene rings is 1. The third kappa shape index (κ3) is 3.64. The molecule has 0 aliphatic carbocycles. The van der Waals surface area contributed by atoms with Crippen LogP contribution in [0.25, 0.3) is 5.69 Å². The zero-order valence-electron chi connectivity index (χ0n) is 11.6. The second-order valence-electron chi connectivity index (χ2n) is 4.22. The Morgan fingerprint density at radius 2 is 2.00 bits per heavy atom. The van der Waals surface area contributed by atoms with Gasteiger partial charge in [-0.25, -0.2) is 9.48 Å². The highest BCUT2D eigenvalue weighted by Gasteiger charge is 2.12. The molecule has 0 bridgehead atoms. The second kappa shape index (κ2) is 6.81. The highest BCUT2D eigenvalue weighted by Crippen LogP contribution is 2.08. The predicted octanol–water partition coefficient (Wildman–Crippen LogP) is 1.77. The quantitative estimate of drug-likeness (QED) is 0.593. The first-order valence-electron chi connectivity index (χ1n) is 6.45. The van der Waals surface area contributed by atoms with Crippen LogP contribution < -0.4 is 0 Å². The Balaban J connectivity index is 1.98. The Morgan fingerprint density at radius 1 is 1.25 bits per heavy atom. The van der Waals surface area contributed by atoms with E-state index in [-0.39, 0.29) is 12.3 Å². The van der Waals surface area contributed by atoms with Crippen molar-refractivity contribution in [2.24, 2.45) is 0 Å². The van der Waals surface area contributed by atoms with Crippen molar-refractivity contribution in [1.29, 1.82) is 0 Å². The molecule has 6 nitrogen and oxygen atoms in total. The van der Waals surface area contributed by atoms with E-state index in [0.29, 0.717) is 13.2 Å². The van der Waals surface area contributed by atoms with E-state index in [1.165, 1.54) is 0 Å². The lowest BCUT2D eigenvalue weighted by Crippen LogP contribution is -2.11. The maximum atomic E-state index is 11.7. The van der Waals surface area contributed by atoms with Crippen molar-refractivity contribution in [1.82, 2.24) is 15.0 Å². The van der Waals surface area contributed by atoms with Crippen LogP contribution in [0.5, 0.6) is 0 Å². The standard InChI is InChI=1S/C14H17N3O3/c1-3-19-8-9-20-14(18)13-10-17(16-15-13)12-6-4-11(2)5-7-12/h4-7,10H,3,8-9H2,1-2H3. The maximum absolute atomic E-state index is 11.7. The summed E-state index contributed by atoms with van der Waals surface area (Å²) in [5.41, 5.74) is 2.18. The average Bonchev–Trinajstić information content (AvgIpc) is 2.94. The number of esters is 1. The third-order valence-corrected chi connectivity index (χ3v) is 2.67. The molecule has 1 aromatic carbocycles. The minimum absolute atomic E-state index is 0.182. The number of aryl methyl sites for hydroxylation is 1. The molecule has 0 fully saturated rings. The van der Waals surface area contributed by atoms with Gasteiger partial charge in [-0.3, -0.25) is 0 Å². The van der Waals surface area contributed by atoms with Gasteiger partial charge in [0.15, 0.2) is 5.69 Å². The summed E-state index contributed by atoms with van der Waals surface area (Å²) in [4.78, 5) is 11.7. The molecule has 0 aliphatic heterocycles. The molecular weight excluding hydrogens is 258 g/mol. The van der Waals surface area contributed by atoms with Crippen LogP contribution in [0.2, 0.25) is 0 Å². The first kappa shape index (κ1) is 14.2. The highest BCUT2D eigenvalue weighted by molar-refractivity contribution is 5.86. The van der Waals surface area contributed by atoms with E-state index in [2.05, 4.69) is 10.3 Å². The number of rotatable bonds is 6. The molecule has 0 aliphatic rings. The van der Waals surface area contributed by atoms with Gasteiger partial charge in [0.25, 0.3) is 0 Å². The average molecular weight is 275 g/mol. The highest BCUT2D eigenvalue weighted by atomic mass is 16.6. The summed E-state index contributed by atoms with van der Waals surface area (Å²) in [5.74, 6) is -0.497. The second-order valence-corrected chi connectivity index (χ2v) is 4.22. The molecule has 1 heterocycles. The summed E-state index contributed by atoms with van der Waals surface area (Å²) < 4.78 is 11.6. The van der Waals surface area contributed by atoms with Gasteiger partial charge in [0.05, 0.1) is 18.5 Å². The first-order chi connectivity index (χ1) is 9.70. The number of hydrogen-bond donors (Lipinski definition) is 0. The normalized spacial score (nSPS) is 10.5. The van der Waals surface area contributed by atoms with E-state index in [1.807, 2.05) is 38.1 Å². The Kier molecular flexibility index (Phi) is 4.84. The van der Waals surface area contributed by atoms with Crippen LogP contribution in [-0.2, 0) is 9.47 Å². The molecule has 0 saturated heterocycles. The number of nitrogens with zero attached hydrogens (tertiary/aromatic N) is 3. The molecule has 20 heavy (non-hydrogen) atoms. The van der Waals surface area contributed by atoms with Gasteiger partial charge in [0, 0.05) is 6.61 Å². The molecule has 1 aromatic heterocycles. The van der Waals surface area contributed by atoms with Crippen molar-refractivity contribution >= 4 is 5.97 Å². The van der Waals surface area contributed by atoms with Crippen LogP contribution in [0.4, 0.5) is 0 Å². The number of aromatic nitrogens is 3. The van der Waals surface area contributed by atoms with Crippen LogP contribution in [-0.4, -0.2) is 40.8 Å². The van der Waals surface area contributed by atoms with E-state index in [1.54, 1.807) is 10.9 Å². The predicted molar refractivity (Wildman–Crippen MR) is 72.9 cm³/mol. The SMILES string of the molecule is CCOCCOC(=O)c1cn(-c2ccc(C)cc2)nn1. The Hall–Kier alpha value is -2.21. The molecule has 106 valence electrons. The van der Waals surface area contributed by atoms with Crippen molar-refractivity contribution in [3.63, 3.8) is 0 Å². The fourth-order valence-electron chi connectivity index (χ4n) is 1.59. The van der Waals surface area contributed by atoms with E-state index in [9.17, 15) is 4.79 Å². The topological polar surface area (TPSA) is 66.2 Å². The summed E-state index contributed by atoms with van der Waals surface area (Å²) in [6, 6.07) is 7.76. The zero-order chi connectivity index (χ0) is 14.4. The van der Waals surface area contributed by atoms with E-state index in [0.717, 1.165) is 11.3 Å². The molecule has 2 aromatic rings. The van der Waals surface area contributed by atoms with Crippen molar-refractivity contribution in [3.05, 3.63) is 41.7 Å². The first-order valence-corrected chi connectivity index (χ1v) is 6.45. The Bertz CT molecular complexity index is 563. The van der Waals surface area contributed by atoms with Crippen molar-refractivity contribution in [2.45, 2.75) is 13.8 Å². The van der Waals surface area contributed by atoms with Gasteiger partial charge >= 0.3 is 5.97 Å². The molecule has 0 atom stereocenters. The molecule has 0 spiro atoms. The fourth-order valence-corrected chi connectivity index (χ4v) is 1.59. The van der Waals surface area contributed by atoms with Crippen LogP contribution in [0.1, 0.15) is 23.0 Å². The number of carbonyl (C=O) groups is 1. The number of carbonyl (C=O) groups excluding carboxylic acids is 1. The Labute approximate surface area is 117 Å². The lowest BCUT2D eigenvalue weighted by Gasteiger charge is -2.02. The summed E-state index contributed by atoms with van der Waals surface area (Å²) >= 11 is 0. The van der Waals surface area contributed by atoms with E-state index < -0.39 is 5.97 Å². The fraction of sp³-hybridized carbons (Fsp3) is 0.357. The summed E-state index contributed by atoms with van der Waals surface area (Å²) in [5, 5.41) is 7.73. The molecule has 2 rings (SSSR count). The van der Waals surface area contributed by atoms with Gasteiger partial charge in [-0.1, -0.05) is 22.9 Å². The summed E-state index contributed by atoms with van der Waals surface area (Å²) in [7, 11) is 0. The monoisotopic (exact) mass is 275 g/mol. The van der Waals surface area contributed by atoms with Crippen LogP contribution in [0, 0.1) is 6.92 Å². The van der Waals surface area contributed by atoms with Crippen LogP contribution in [0.3, 0.4) is 0 Å². The molecule has 0 saturated carbocycles. The van der Waals surface area contributed by atoms with Gasteiger partial charge in [-0.2, -0.15) is 0 Å². The Morgan fingerprint density at radius 3 is 2.70 bits per heavy atom. The van der Waals surface area contributed by atoms with Crippen molar-refractivity contribution in [2.75, 3.05) is 19.8 Å². The van der Waals surface area contributed by atoms with Gasteiger partial charge in [0.1, 0.15) is 6.61 Å².